The van der Waals surface area contributed by atoms with Gasteiger partial charge in [-0.3, -0.25) is 4.79 Å². The summed E-state index contributed by atoms with van der Waals surface area (Å²) in [5.74, 6) is -0.296. The van der Waals surface area contributed by atoms with Crippen molar-refractivity contribution in [2.24, 2.45) is 0 Å². The Labute approximate surface area is 140 Å². The second-order valence-electron chi connectivity index (χ2n) is 4.16. The largest absolute Gasteiger partial charge is 0.321 e. The molecule has 0 saturated carbocycles. The van der Waals surface area contributed by atoms with Crippen LogP contribution < -0.4 is 5.32 Å². The molecule has 2 aromatic rings. The molecule has 0 bridgehead atoms. The molecule has 20 heavy (non-hydrogen) atoms. The molecule has 0 unspecified atom stereocenters. The Balaban J connectivity index is 2.30. The minimum Gasteiger partial charge on any atom is -0.321 e. The highest BCUT2D eigenvalue weighted by Crippen LogP contribution is 2.30. The summed E-state index contributed by atoms with van der Waals surface area (Å²) in [5, 5.41) is 4.25. The van der Waals surface area contributed by atoms with E-state index in [1.165, 1.54) is 0 Å². The van der Waals surface area contributed by atoms with Crippen molar-refractivity contribution < 1.29 is 4.79 Å². The number of anilines is 1. The molecule has 0 aliphatic carbocycles. The first-order valence-corrected chi connectivity index (χ1v) is 7.53. The molecule has 0 saturated heterocycles. The average Bonchev–Trinajstić information content (AvgIpc) is 2.35. The monoisotopic (exact) mass is 391 g/mol. The minimum atomic E-state index is -0.296. The molecule has 0 aromatic heterocycles. The Hall–Kier alpha value is -0.740. The third kappa shape index (κ3) is 3.47. The molecule has 6 heteroatoms. The summed E-state index contributed by atoms with van der Waals surface area (Å²) in [6, 6.07) is 8.26. The van der Waals surface area contributed by atoms with Crippen molar-refractivity contribution in [3.8, 4) is 0 Å². The molecule has 1 N–H and O–H groups in total. The number of hydrogen-bond donors (Lipinski definition) is 1. The lowest BCUT2D eigenvalue weighted by Crippen LogP contribution is -2.13. The second kappa shape index (κ2) is 6.35. The van der Waals surface area contributed by atoms with E-state index in [-0.39, 0.29) is 5.91 Å². The number of aryl methyl sites for hydroxylation is 1. The summed E-state index contributed by atoms with van der Waals surface area (Å²) in [5.41, 5.74) is 1.78. The summed E-state index contributed by atoms with van der Waals surface area (Å²) in [7, 11) is 0. The van der Waals surface area contributed by atoms with E-state index in [0.717, 1.165) is 5.56 Å². The van der Waals surface area contributed by atoms with Crippen LogP contribution in [0, 0.1) is 6.92 Å². The zero-order chi connectivity index (χ0) is 14.9. The maximum atomic E-state index is 12.2. The van der Waals surface area contributed by atoms with Gasteiger partial charge in [-0.25, -0.2) is 0 Å². The minimum absolute atomic E-state index is 0.296. The number of hydrogen-bond acceptors (Lipinski definition) is 1. The number of halogens is 4. The van der Waals surface area contributed by atoms with Gasteiger partial charge < -0.3 is 5.32 Å². The van der Waals surface area contributed by atoms with Crippen LogP contribution in [-0.4, -0.2) is 5.91 Å². The van der Waals surface area contributed by atoms with Crippen molar-refractivity contribution in [1.82, 2.24) is 0 Å². The fourth-order valence-electron chi connectivity index (χ4n) is 1.61. The summed E-state index contributed by atoms with van der Waals surface area (Å²) in [6.45, 7) is 1.84. The number of carbonyl (C=O) groups excluding carboxylic acids is 1. The summed E-state index contributed by atoms with van der Waals surface area (Å²) >= 11 is 21.3. The molecule has 0 fully saturated rings. The Bertz CT molecular complexity index is 688. The number of benzene rings is 2. The van der Waals surface area contributed by atoms with Gasteiger partial charge in [0.25, 0.3) is 5.91 Å². The Kier molecular flexibility index (Phi) is 4.97. The van der Waals surface area contributed by atoms with Gasteiger partial charge in [0.1, 0.15) is 0 Å². The van der Waals surface area contributed by atoms with Crippen LogP contribution in [-0.2, 0) is 0 Å². The second-order valence-corrected chi connectivity index (χ2v) is 6.26. The van der Waals surface area contributed by atoms with E-state index in [9.17, 15) is 4.79 Å². The zero-order valence-electron chi connectivity index (χ0n) is 10.3. The highest BCUT2D eigenvalue weighted by molar-refractivity contribution is 9.10. The van der Waals surface area contributed by atoms with Gasteiger partial charge >= 0.3 is 0 Å². The molecule has 0 aliphatic heterocycles. The highest BCUT2D eigenvalue weighted by atomic mass is 79.9. The van der Waals surface area contributed by atoms with Crippen molar-refractivity contribution in [3.05, 3.63) is 61.0 Å². The first-order chi connectivity index (χ1) is 9.38. The topological polar surface area (TPSA) is 29.1 Å². The van der Waals surface area contributed by atoms with Crippen molar-refractivity contribution in [2.45, 2.75) is 6.92 Å². The van der Waals surface area contributed by atoms with Crippen LogP contribution in [0.1, 0.15) is 15.9 Å². The van der Waals surface area contributed by atoms with Gasteiger partial charge in [0.05, 0.1) is 16.3 Å². The van der Waals surface area contributed by atoms with Crippen LogP contribution >= 0.6 is 50.7 Å². The van der Waals surface area contributed by atoms with E-state index in [4.69, 9.17) is 34.8 Å². The van der Waals surface area contributed by atoms with Gasteiger partial charge in [0.15, 0.2) is 0 Å². The molecule has 0 spiro atoms. The van der Waals surface area contributed by atoms with Gasteiger partial charge in [0, 0.05) is 14.5 Å². The predicted octanol–water partition coefficient (Wildman–Crippen LogP) is 5.97. The fraction of sp³-hybridized carbons (Fsp3) is 0.0714. The van der Waals surface area contributed by atoms with Crippen LogP contribution in [0.15, 0.2) is 34.8 Å². The lowest BCUT2D eigenvalue weighted by atomic mass is 10.2. The van der Waals surface area contributed by atoms with Crippen molar-refractivity contribution in [2.75, 3.05) is 5.32 Å². The molecular formula is C14H9BrCl3NO. The van der Waals surface area contributed by atoms with Gasteiger partial charge in [-0.1, -0.05) is 34.8 Å². The highest BCUT2D eigenvalue weighted by Gasteiger charge is 2.13. The molecule has 2 nitrogen and oxygen atoms in total. The number of amides is 1. The summed E-state index contributed by atoms with van der Waals surface area (Å²) in [4.78, 5) is 12.2. The molecule has 1 amide bonds. The van der Waals surface area contributed by atoms with Gasteiger partial charge in [0.2, 0.25) is 0 Å². The maximum absolute atomic E-state index is 12.2. The molecule has 0 heterocycles. The van der Waals surface area contributed by atoms with Crippen molar-refractivity contribution >= 4 is 62.3 Å². The number of carbonyl (C=O) groups is 1. The van der Waals surface area contributed by atoms with E-state index in [1.807, 2.05) is 6.92 Å². The SMILES string of the molecule is Cc1cc(Cl)c(NC(=O)c2ccc(Cl)cc2Br)cc1Cl. The van der Waals surface area contributed by atoms with Crippen molar-refractivity contribution in [3.63, 3.8) is 0 Å². The first-order valence-electron chi connectivity index (χ1n) is 5.60. The standard InChI is InChI=1S/C14H9BrCl3NO/c1-7-4-12(18)13(6-11(7)17)19-14(20)9-3-2-8(16)5-10(9)15/h2-6H,1H3,(H,19,20). The molecule has 0 radical (unpaired) electrons. The van der Waals surface area contributed by atoms with Crippen LogP contribution in [0.25, 0.3) is 0 Å². The smallest absolute Gasteiger partial charge is 0.256 e. The lowest BCUT2D eigenvalue weighted by Gasteiger charge is -2.10. The van der Waals surface area contributed by atoms with Gasteiger partial charge in [-0.05, 0) is 58.7 Å². The summed E-state index contributed by atoms with van der Waals surface area (Å²) in [6.07, 6.45) is 0. The Morgan fingerprint density at radius 2 is 1.80 bits per heavy atom. The molecule has 0 atom stereocenters. The number of rotatable bonds is 2. The van der Waals surface area contributed by atoms with Crippen LogP contribution in [0.3, 0.4) is 0 Å². The van der Waals surface area contributed by atoms with E-state index in [0.29, 0.717) is 30.8 Å². The Morgan fingerprint density at radius 3 is 2.45 bits per heavy atom. The third-order valence-electron chi connectivity index (χ3n) is 2.67. The van der Waals surface area contributed by atoms with E-state index in [2.05, 4.69) is 21.2 Å². The third-order valence-corrected chi connectivity index (χ3v) is 4.28. The lowest BCUT2D eigenvalue weighted by molar-refractivity contribution is 0.102. The quantitative estimate of drug-likeness (QED) is 0.669. The molecular weight excluding hydrogens is 384 g/mol. The molecule has 2 aromatic carbocycles. The van der Waals surface area contributed by atoms with Gasteiger partial charge in [-0.2, -0.15) is 0 Å². The van der Waals surface area contributed by atoms with E-state index < -0.39 is 0 Å². The van der Waals surface area contributed by atoms with Crippen LogP contribution in [0.5, 0.6) is 0 Å². The molecule has 104 valence electrons. The molecule has 0 aliphatic rings. The average molecular weight is 393 g/mol. The zero-order valence-corrected chi connectivity index (χ0v) is 14.2. The van der Waals surface area contributed by atoms with Crippen molar-refractivity contribution in [1.29, 1.82) is 0 Å². The maximum Gasteiger partial charge on any atom is 0.256 e. The fourth-order valence-corrected chi connectivity index (χ4v) is 2.90. The first kappa shape index (κ1) is 15.6. The normalized spacial score (nSPS) is 10.4. The van der Waals surface area contributed by atoms with Crippen LogP contribution in [0.2, 0.25) is 15.1 Å². The van der Waals surface area contributed by atoms with Crippen LogP contribution in [0.4, 0.5) is 5.69 Å². The van der Waals surface area contributed by atoms with Gasteiger partial charge in [-0.15, -0.1) is 0 Å². The predicted molar refractivity (Wildman–Crippen MR) is 88.3 cm³/mol. The van der Waals surface area contributed by atoms with E-state index >= 15 is 0 Å². The van der Waals surface area contributed by atoms with E-state index in [1.54, 1.807) is 30.3 Å². The Morgan fingerprint density at radius 1 is 1.10 bits per heavy atom. The molecule has 2 rings (SSSR count). The number of nitrogens with one attached hydrogen (secondary N) is 1. The summed E-state index contributed by atoms with van der Waals surface area (Å²) < 4.78 is 0.608.